The lowest BCUT2D eigenvalue weighted by molar-refractivity contribution is 0.116. The molecule has 0 aliphatic carbocycles. The lowest BCUT2D eigenvalue weighted by atomic mass is 10.4. The maximum Gasteiger partial charge on any atom is 0.314 e. The third-order valence-electron chi connectivity index (χ3n) is 2.75. The molecule has 0 amide bonds. The topological polar surface area (TPSA) is 108 Å². The van der Waals surface area contributed by atoms with E-state index in [1.807, 2.05) is 0 Å². The summed E-state index contributed by atoms with van der Waals surface area (Å²) in [4.78, 5) is 8.26. The summed E-state index contributed by atoms with van der Waals surface area (Å²) in [6.45, 7) is 6.90. The molecule has 0 radical (unpaired) electrons. The number of aromatic nitrogens is 3. The van der Waals surface area contributed by atoms with Crippen molar-refractivity contribution in [3.05, 3.63) is 54.3 Å². The number of aliphatic imine (C=N–C) groups is 1. The van der Waals surface area contributed by atoms with Crippen LogP contribution in [0.5, 0.6) is 0 Å². The summed E-state index contributed by atoms with van der Waals surface area (Å²) in [7, 11) is 0. The van der Waals surface area contributed by atoms with Gasteiger partial charge >= 0.3 is 6.43 Å². The van der Waals surface area contributed by atoms with E-state index < -0.39 is 23.6 Å². The van der Waals surface area contributed by atoms with Crippen LogP contribution < -0.4 is 0 Å². The fourth-order valence-corrected chi connectivity index (χ4v) is 3.09. The van der Waals surface area contributed by atoms with Crippen LogP contribution in [0.3, 0.4) is 0 Å². The van der Waals surface area contributed by atoms with Crippen LogP contribution in [-0.4, -0.2) is 34.5 Å². The lowest BCUT2D eigenvalue weighted by Gasteiger charge is -2.25. The average Bonchev–Trinajstić information content (AvgIpc) is 3.26. The highest BCUT2D eigenvalue weighted by molar-refractivity contribution is 7.76. The first kappa shape index (κ1) is 19.8. The first-order valence-corrected chi connectivity index (χ1v) is 8.71. The number of hydrogen-bond acceptors (Lipinski definition) is 8. The molecular weight excluding hydrogens is 388 g/mol. The zero-order valence-corrected chi connectivity index (χ0v) is 14.8. The normalized spacial score (nSPS) is 13.3. The molecule has 2 rings (SSSR count). The van der Waals surface area contributed by atoms with Gasteiger partial charge in [0.25, 0.3) is 11.8 Å². The van der Waals surface area contributed by atoms with Crippen LogP contribution in [0, 0.1) is 0 Å². The Labute approximate surface area is 153 Å². The molecular formula is C14H12F2N5O3S2-. The lowest BCUT2D eigenvalue weighted by Crippen LogP contribution is -2.23. The van der Waals surface area contributed by atoms with Crippen molar-refractivity contribution < 1.29 is 22.0 Å². The van der Waals surface area contributed by atoms with Gasteiger partial charge < -0.3 is 8.97 Å². The fourth-order valence-electron chi connectivity index (χ4n) is 1.66. The number of halogens is 2. The van der Waals surface area contributed by atoms with Gasteiger partial charge in [0.05, 0.1) is 24.6 Å². The van der Waals surface area contributed by atoms with E-state index in [0.29, 0.717) is 9.88 Å². The molecule has 2 aromatic rings. The van der Waals surface area contributed by atoms with E-state index in [4.69, 9.17) is 4.42 Å². The molecule has 12 heteroatoms. The highest BCUT2D eigenvalue weighted by Crippen LogP contribution is 2.28. The van der Waals surface area contributed by atoms with Gasteiger partial charge in [-0.25, -0.2) is 4.98 Å². The monoisotopic (exact) mass is 400 g/mol. The van der Waals surface area contributed by atoms with Crippen LogP contribution in [0.25, 0.3) is 10.8 Å². The standard InChI is InChI=1S/C14H13F2N5O3S2/c1-3-5-17-6-9(4-2)21(26(22)23)8-11-18-7-10(25-11)13-19-20-14(24-13)12(15)16/h3-7,12H,1-2,8H2,(H,22,23)/p-1/b9-6+,17-5?. The highest BCUT2D eigenvalue weighted by atomic mass is 32.2. The van der Waals surface area contributed by atoms with E-state index in [0.717, 1.165) is 15.6 Å². The van der Waals surface area contributed by atoms with Crippen molar-refractivity contribution in [1.82, 2.24) is 19.5 Å². The molecule has 8 nitrogen and oxygen atoms in total. The molecule has 1 atom stereocenters. The fraction of sp³-hybridized carbons (Fsp3) is 0.143. The second-order valence-electron chi connectivity index (χ2n) is 4.41. The summed E-state index contributed by atoms with van der Waals surface area (Å²) >= 11 is -1.59. The van der Waals surface area contributed by atoms with Crippen molar-refractivity contribution in [2.24, 2.45) is 4.99 Å². The highest BCUT2D eigenvalue weighted by Gasteiger charge is 2.19. The summed E-state index contributed by atoms with van der Waals surface area (Å²) in [6.07, 6.45) is 3.89. The predicted octanol–water partition coefficient (Wildman–Crippen LogP) is 3.01. The van der Waals surface area contributed by atoms with Gasteiger partial charge in [-0.2, -0.15) is 8.78 Å². The average molecular weight is 400 g/mol. The summed E-state index contributed by atoms with van der Waals surface area (Å²) in [5.74, 6) is -0.914. The van der Waals surface area contributed by atoms with Crippen molar-refractivity contribution in [2.75, 3.05) is 0 Å². The zero-order chi connectivity index (χ0) is 19.1. The predicted molar refractivity (Wildman–Crippen MR) is 91.8 cm³/mol. The molecule has 2 heterocycles. The van der Waals surface area contributed by atoms with Gasteiger partial charge in [0.1, 0.15) is 9.88 Å². The molecule has 1 unspecified atom stereocenters. The van der Waals surface area contributed by atoms with Crippen molar-refractivity contribution in [1.29, 1.82) is 0 Å². The number of nitrogens with zero attached hydrogens (tertiary/aromatic N) is 5. The van der Waals surface area contributed by atoms with E-state index in [9.17, 15) is 17.5 Å². The van der Waals surface area contributed by atoms with Gasteiger partial charge in [0, 0.05) is 17.5 Å². The molecule has 0 aliphatic heterocycles. The first-order chi connectivity index (χ1) is 12.5. The van der Waals surface area contributed by atoms with Crippen molar-refractivity contribution in [2.45, 2.75) is 13.0 Å². The third kappa shape index (κ3) is 4.97. The smallest absolute Gasteiger partial charge is 0.314 e. The quantitative estimate of drug-likeness (QED) is 0.364. The van der Waals surface area contributed by atoms with Crippen molar-refractivity contribution in [3.63, 3.8) is 0 Å². The Kier molecular flexibility index (Phi) is 7.00. The number of hydrogen-bond donors (Lipinski definition) is 0. The first-order valence-electron chi connectivity index (χ1n) is 6.86. The largest absolute Gasteiger partial charge is 0.755 e. The maximum absolute atomic E-state index is 12.5. The Balaban J connectivity index is 2.21. The van der Waals surface area contributed by atoms with Gasteiger partial charge in [-0.15, -0.1) is 21.5 Å². The van der Waals surface area contributed by atoms with E-state index in [1.54, 1.807) is 0 Å². The second kappa shape index (κ2) is 9.22. The van der Waals surface area contributed by atoms with Crippen LogP contribution in [0.4, 0.5) is 8.78 Å². The Morgan fingerprint density at radius 3 is 2.85 bits per heavy atom. The molecule has 0 saturated heterocycles. The summed E-state index contributed by atoms with van der Waals surface area (Å²) in [5, 5.41) is 7.13. The zero-order valence-electron chi connectivity index (χ0n) is 13.1. The summed E-state index contributed by atoms with van der Waals surface area (Å²) < 4.78 is 53.8. The molecule has 0 fully saturated rings. The number of alkyl halides is 2. The van der Waals surface area contributed by atoms with Gasteiger partial charge in [0.15, 0.2) is 0 Å². The van der Waals surface area contributed by atoms with E-state index in [-0.39, 0.29) is 18.1 Å². The van der Waals surface area contributed by atoms with Crippen LogP contribution in [0.2, 0.25) is 0 Å². The Hall–Kier alpha value is -2.57. The van der Waals surface area contributed by atoms with Crippen molar-refractivity contribution >= 4 is 28.8 Å². The van der Waals surface area contributed by atoms with Crippen LogP contribution in [0.15, 0.2) is 52.8 Å². The minimum atomic E-state index is -2.88. The molecule has 2 aromatic heterocycles. The number of thiazole rings is 1. The second-order valence-corrected chi connectivity index (χ2v) is 6.40. The molecule has 0 aliphatic rings. The number of rotatable bonds is 9. The molecule has 0 bridgehead atoms. The van der Waals surface area contributed by atoms with Crippen LogP contribution >= 0.6 is 11.3 Å². The van der Waals surface area contributed by atoms with Crippen LogP contribution in [0.1, 0.15) is 17.3 Å². The van der Waals surface area contributed by atoms with Gasteiger partial charge in [-0.1, -0.05) is 19.2 Å². The molecule has 0 aromatic carbocycles. The van der Waals surface area contributed by atoms with Gasteiger partial charge in [-0.3, -0.25) is 13.5 Å². The molecule has 0 saturated carbocycles. The van der Waals surface area contributed by atoms with Gasteiger partial charge in [-0.05, 0) is 6.08 Å². The Bertz CT molecular complexity index is 862. The summed E-state index contributed by atoms with van der Waals surface area (Å²) in [5.41, 5.74) is 0.214. The minimum absolute atomic E-state index is 0.113. The van der Waals surface area contributed by atoms with Gasteiger partial charge in [0.2, 0.25) is 0 Å². The van der Waals surface area contributed by atoms with E-state index in [1.165, 1.54) is 30.8 Å². The van der Waals surface area contributed by atoms with E-state index >= 15 is 0 Å². The maximum atomic E-state index is 12.5. The van der Waals surface area contributed by atoms with Crippen molar-refractivity contribution in [3.8, 4) is 10.8 Å². The Morgan fingerprint density at radius 2 is 2.27 bits per heavy atom. The molecule has 0 N–H and O–H groups in total. The SMILES string of the molecule is C=CC=N/C=C(\C=C)N(Cc1ncc(-c2nnc(C(F)F)o2)s1)S(=O)[O-]. The molecule has 26 heavy (non-hydrogen) atoms. The van der Waals surface area contributed by atoms with E-state index in [2.05, 4.69) is 33.3 Å². The minimum Gasteiger partial charge on any atom is -0.755 e. The molecule has 0 spiro atoms. The number of allylic oxidation sites excluding steroid dienone is 2. The Morgan fingerprint density at radius 1 is 1.50 bits per heavy atom. The third-order valence-corrected chi connectivity index (χ3v) is 4.42. The van der Waals surface area contributed by atoms with Crippen LogP contribution in [-0.2, 0) is 17.8 Å². The summed E-state index contributed by atoms with van der Waals surface area (Å²) in [6, 6.07) is 0. The molecule has 138 valence electrons.